The zero-order valence-corrected chi connectivity index (χ0v) is 14.7. The number of methoxy groups -OCH3 is 1. The fourth-order valence-electron chi connectivity index (χ4n) is 2.99. The van der Waals surface area contributed by atoms with Gasteiger partial charge < -0.3 is 4.74 Å². The molecule has 9 heteroatoms. The molecule has 1 aromatic carbocycles. The number of halogens is 1. The Labute approximate surface area is 158 Å². The Kier molecular flexibility index (Phi) is 4.40. The molecule has 140 valence electrons. The summed E-state index contributed by atoms with van der Waals surface area (Å²) >= 11 is 0. The van der Waals surface area contributed by atoms with Gasteiger partial charge in [0, 0.05) is 42.1 Å². The Morgan fingerprint density at radius 2 is 2.14 bits per heavy atom. The SMILES string of the molecule is COc1cc(F)c([N+](=O)[O-])cc1Cc1nccc(-c2cnn3ccccc23)n1. The standard InChI is InChI=1S/C19H14FN5O3/c1-28-18-10-14(20)17(25(26)27)8-12(18)9-19-21-6-5-15(23-19)13-11-22-24-7-3-2-4-16(13)24/h2-8,10-11H,9H2,1H3. The average Bonchev–Trinajstić information content (AvgIpc) is 3.13. The summed E-state index contributed by atoms with van der Waals surface area (Å²) in [5, 5.41) is 15.3. The Morgan fingerprint density at radius 1 is 1.29 bits per heavy atom. The molecule has 0 aliphatic heterocycles. The highest BCUT2D eigenvalue weighted by atomic mass is 19.1. The number of benzene rings is 1. The quantitative estimate of drug-likeness (QED) is 0.389. The van der Waals surface area contributed by atoms with Crippen LogP contribution in [0.25, 0.3) is 16.8 Å². The lowest BCUT2D eigenvalue weighted by atomic mass is 10.1. The third kappa shape index (κ3) is 3.13. The van der Waals surface area contributed by atoms with Gasteiger partial charge in [0.15, 0.2) is 0 Å². The zero-order chi connectivity index (χ0) is 19.7. The normalized spacial score (nSPS) is 10.9. The molecule has 3 aromatic heterocycles. The predicted octanol–water partition coefficient (Wildman–Crippen LogP) is 3.44. The summed E-state index contributed by atoms with van der Waals surface area (Å²) < 4.78 is 20.7. The second kappa shape index (κ2) is 7.03. The molecule has 0 radical (unpaired) electrons. The molecule has 0 spiro atoms. The van der Waals surface area contributed by atoms with Gasteiger partial charge in [-0.15, -0.1) is 0 Å². The number of nitro groups is 1. The van der Waals surface area contributed by atoms with Crippen LogP contribution in [0.2, 0.25) is 0 Å². The molecule has 0 saturated heterocycles. The third-order valence-corrected chi connectivity index (χ3v) is 4.30. The van der Waals surface area contributed by atoms with Gasteiger partial charge in [-0.25, -0.2) is 14.5 Å². The van der Waals surface area contributed by atoms with Crippen LogP contribution in [0.4, 0.5) is 10.1 Å². The Bertz CT molecular complexity index is 1190. The lowest BCUT2D eigenvalue weighted by Crippen LogP contribution is -2.02. The van der Waals surface area contributed by atoms with Gasteiger partial charge in [0.1, 0.15) is 11.6 Å². The van der Waals surface area contributed by atoms with E-state index in [0.29, 0.717) is 17.1 Å². The van der Waals surface area contributed by atoms with Crippen molar-refractivity contribution in [2.24, 2.45) is 0 Å². The van der Waals surface area contributed by atoms with E-state index in [0.717, 1.165) is 23.2 Å². The van der Waals surface area contributed by atoms with Crippen LogP contribution in [-0.2, 0) is 6.42 Å². The van der Waals surface area contributed by atoms with Crippen molar-refractivity contribution < 1.29 is 14.1 Å². The van der Waals surface area contributed by atoms with Gasteiger partial charge in [-0.3, -0.25) is 10.1 Å². The van der Waals surface area contributed by atoms with Crippen LogP contribution in [0, 0.1) is 15.9 Å². The van der Waals surface area contributed by atoms with Crippen molar-refractivity contribution >= 4 is 11.2 Å². The summed E-state index contributed by atoms with van der Waals surface area (Å²) in [6, 6.07) is 9.63. The van der Waals surface area contributed by atoms with Crippen molar-refractivity contribution in [3.05, 3.63) is 82.3 Å². The van der Waals surface area contributed by atoms with Crippen molar-refractivity contribution in [3.8, 4) is 17.0 Å². The number of nitrogens with zero attached hydrogens (tertiary/aromatic N) is 5. The van der Waals surface area contributed by atoms with Crippen molar-refractivity contribution in [3.63, 3.8) is 0 Å². The topological polar surface area (TPSA) is 95.5 Å². The van der Waals surface area contributed by atoms with E-state index in [1.807, 2.05) is 24.4 Å². The number of nitro benzene ring substituents is 1. The molecule has 0 atom stereocenters. The molecule has 0 unspecified atom stereocenters. The first-order chi connectivity index (χ1) is 13.6. The molecule has 0 saturated carbocycles. The zero-order valence-electron chi connectivity index (χ0n) is 14.7. The molecule has 28 heavy (non-hydrogen) atoms. The second-order valence-electron chi connectivity index (χ2n) is 6.00. The van der Waals surface area contributed by atoms with Gasteiger partial charge in [-0.05, 0) is 18.2 Å². The molecular weight excluding hydrogens is 365 g/mol. The van der Waals surface area contributed by atoms with Crippen LogP contribution in [-0.4, -0.2) is 31.6 Å². The van der Waals surface area contributed by atoms with Crippen LogP contribution in [0.5, 0.6) is 5.75 Å². The van der Waals surface area contributed by atoms with Crippen molar-refractivity contribution in [1.29, 1.82) is 0 Å². The maximum Gasteiger partial charge on any atom is 0.305 e. The lowest BCUT2D eigenvalue weighted by molar-refractivity contribution is -0.387. The first-order valence-corrected chi connectivity index (χ1v) is 8.32. The third-order valence-electron chi connectivity index (χ3n) is 4.30. The van der Waals surface area contributed by atoms with E-state index in [9.17, 15) is 14.5 Å². The van der Waals surface area contributed by atoms with E-state index >= 15 is 0 Å². The Balaban J connectivity index is 1.73. The molecule has 0 aliphatic carbocycles. The van der Waals surface area contributed by atoms with Crippen LogP contribution < -0.4 is 4.74 Å². The van der Waals surface area contributed by atoms with Crippen molar-refractivity contribution in [1.82, 2.24) is 19.6 Å². The molecule has 0 amide bonds. The van der Waals surface area contributed by atoms with Gasteiger partial charge in [0.2, 0.25) is 5.82 Å². The smallest absolute Gasteiger partial charge is 0.305 e. The number of hydrogen-bond acceptors (Lipinski definition) is 6. The summed E-state index contributed by atoms with van der Waals surface area (Å²) in [6.07, 6.45) is 5.31. The van der Waals surface area contributed by atoms with Gasteiger partial charge in [-0.1, -0.05) is 6.07 Å². The minimum atomic E-state index is -0.952. The van der Waals surface area contributed by atoms with Crippen molar-refractivity contribution in [2.45, 2.75) is 6.42 Å². The molecule has 4 aromatic rings. The van der Waals surface area contributed by atoms with E-state index in [2.05, 4.69) is 15.1 Å². The molecule has 3 heterocycles. The van der Waals surface area contributed by atoms with Gasteiger partial charge in [0.05, 0.1) is 29.4 Å². The number of pyridine rings is 1. The summed E-state index contributed by atoms with van der Waals surface area (Å²) in [4.78, 5) is 19.1. The number of hydrogen-bond donors (Lipinski definition) is 0. The van der Waals surface area contributed by atoms with Crippen LogP contribution in [0.1, 0.15) is 11.4 Å². The molecule has 0 N–H and O–H groups in total. The molecule has 0 fully saturated rings. The van der Waals surface area contributed by atoms with E-state index in [1.165, 1.54) is 7.11 Å². The highest BCUT2D eigenvalue weighted by molar-refractivity contribution is 5.77. The molecular formula is C19H14FN5O3. The van der Waals surface area contributed by atoms with Crippen LogP contribution >= 0.6 is 0 Å². The maximum absolute atomic E-state index is 13.8. The average molecular weight is 379 g/mol. The van der Waals surface area contributed by atoms with Crippen LogP contribution in [0.3, 0.4) is 0 Å². The first kappa shape index (κ1) is 17.5. The molecule has 4 rings (SSSR count). The van der Waals surface area contributed by atoms with E-state index < -0.39 is 16.4 Å². The number of rotatable bonds is 5. The first-order valence-electron chi connectivity index (χ1n) is 8.32. The highest BCUT2D eigenvalue weighted by Gasteiger charge is 2.20. The number of ether oxygens (including phenoxy) is 1. The summed E-state index contributed by atoms with van der Waals surface area (Å²) in [5.74, 6) is -0.327. The predicted molar refractivity (Wildman–Crippen MR) is 98.6 cm³/mol. The largest absolute Gasteiger partial charge is 0.496 e. The molecule has 0 aliphatic rings. The summed E-state index contributed by atoms with van der Waals surface area (Å²) in [7, 11) is 1.38. The van der Waals surface area contributed by atoms with Gasteiger partial charge in [0.25, 0.3) is 0 Å². The fourth-order valence-corrected chi connectivity index (χ4v) is 2.99. The second-order valence-corrected chi connectivity index (χ2v) is 6.00. The molecule has 0 bridgehead atoms. The molecule has 8 nitrogen and oxygen atoms in total. The Hall–Kier alpha value is -3.88. The van der Waals surface area contributed by atoms with E-state index in [1.54, 1.807) is 23.0 Å². The Morgan fingerprint density at radius 3 is 2.93 bits per heavy atom. The number of aromatic nitrogens is 4. The van der Waals surface area contributed by atoms with Crippen LogP contribution in [0.15, 0.2) is 55.0 Å². The van der Waals surface area contributed by atoms with E-state index in [-0.39, 0.29) is 12.2 Å². The van der Waals surface area contributed by atoms with Crippen molar-refractivity contribution in [2.75, 3.05) is 7.11 Å². The minimum Gasteiger partial charge on any atom is -0.496 e. The summed E-state index contributed by atoms with van der Waals surface area (Å²) in [5.41, 5.74) is 2.20. The highest BCUT2D eigenvalue weighted by Crippen LogP contribution is 2.29. The van der Waals surface area contributed by atoms with E-state index in [4.69, 9.17) is 4.74 Å². The monoisotopic (exact) mass is 379 g/mol. The minimum absolute atomic E-state index is 0.150. The fraction of sp³-hybridized carbons (Fsp3) is 0.105. The maximum atomic E-state index is 13.8. The lowest BCUT2D eigenvalue weighted by Gasteiger charge is -2.09. The van der Waals surface area contributed by atoms with Gasteiger partial charge >= 0.3 is 5.69 Å². The van der Waals surface area contributed by atoms with Gasteiger partial charge in [-0.2, -0.15) is 9.49 Å². The summed E-state index contributed by atoms with van der Waals surface area (Å²) in [6.45, 7) is 0. The number of fused-ring (bicyclic) bond motifs is 1.